The van der Waals surface area contributed by atoms with Crippen LogP contribution >= 0.6 is 0 Å². The van der Waals surface area contributed by atoms with Gasteiger partial charge in [-0.05, 0) is 75.9 Å². The van der Waals surface area contributed by atoms with Gasteiger partial charge < -0.3 is 15.1 Å². The van der Waals surface area contributed by atoms with Crippen LogP contribution in [-0.4, -0.2) is 10.2 Å². The van der Waals surface area contributed by atoms with Crippen LogP contribution in [0.3, 0.4) is 0 Å². The van der Waals surface area contributed by atoms with E-state index in [1.54, 1.807) is 24.3 Å². The van der Waals surface area contributed by atoms with E-state index in [-0.39, 0.29) is 23.3 Å². The van der Waals surface area contributed by atoms with Gasteiger partial charge in [0, 0.05) is 35.0 Å². The number of phenolic OH excluding ortho intramolecular Hbond substituents is 2. The van der Waals surface area contributed by atoms with Gasteiger partial charge in [-0.1, -0.05) is 152 Å². The van der Waals surface area contributed by atoms with Crippen LogP contribution in [0.15, 0.2) is 193 Å². The molecule has 0 saturated carbocycles. The molecule has 2 atom stereocenters. The Morgan fingerprint density at radius 2 is 1.06 bits per heavy atom. The zero-order valence-electron chi connectivity index (χ0n) is 27.0. The molecule has 3 heteroatoms. The largest absolute Gasteiger partial charge is 0.508 e. The Labute approximate surface area is 288 Å². The van der Waals surface area contributed by atoms with E-state index < -0.39 is 0 Å². The summed E-state index contributed by atoms with van der Waals surface area (Å²) < 4.78 is 0. The highest BCUT2D eigenvalue weighted by molar-refractivity contribution is 5.83. The molecular formula is C46H37NO2. The van der Waals surface area contributed by atoms with Crippen molar-refractivity contribution < 1.29 is 10.2 Å². The van der Waals surface area contributed by atoms with Crippen LogP contribution < -0.4 is 4.90 Å². The first-order valence-corrected chi connectivity index (χ1v) is 16.5. The summed E-state index contributed by atoms with van der Waals surface area (Å²) in [7, 11) is 0. The topological polar surface area (TPSA) is 43.7 Å². The molecule has 0 fully saturated rings. The lowest BCUT2D eigenvalue weighted by molar-refractivity contribution is 0.474. The number of fused-ring (bicyclic) bond motifs is 1. The molecule has 2 unspecified atom stereocenters. The van der Waals surface area contributed by atoms with Crippen LogP contribution in [0.2, 0.25) is 0 Å². The van der Waals surface area contributed by atoms with Crippen molar-refractivity contribution in [3.05, 3.63) is 221 Å². The van der Waals surface area contributed by atoms with Crippen molar-refractivity contribution in [2.45, 2.75) is 0 Å². The molecule has 0 aromatic heterocycles. The van der Waals surface area contributed by atoms with Crippen LogP contribution in [-0.2, 0) is 0 Å². The first-order chi connectivity index (χ1) is 24.1. The van der Waals surface area contributed by atoms with Crippen LogP contribution in [0.5, 0.6) is 11.5 Å². The van der Waals surface area contributed by atoms with Crippen LogP contribution in [0.25, 0.3) is 23.8 Å². The van der Waals surface area contributed by atoms with Gasteiger partial charge in [0.05, 0.1) is 0 Å². The summed E-state index contributed by atoms with van der Waals surface area (Å²) >= 11 is 0. The fraction of sp³-hybridized carbons (Fsp3) is 0.0435. The number of aromatic hydroxyl groups is 2. The second-order valence-corrected chi connectivity index (χ2v) is 12.2. The van der Waals surface area contributed by atoms with Gasteiger partial charge in [-0.15, -0.1) is 0 Å². The fourth-order valence-electron chi connectivity index (χ4n) is 6.27. The number of rotatable bonds is 9. The van der Waals surface area contributed by atoms with Crippen molar-refractivity contribution in [2.24, 2.45) is 11.8 Å². The zero-order chi connectivity index (χ0) is 33.4. The molecule has 5 aromatic carbocycles. The minimum absolute atomic E-state index is 0.165. The van der Waals surface area contributed by atoms with E-state index >= 15 is 0 Å². The molecule has 5 aromatic rings. The standard InChI is InChI=1S/C46H37NO2/c48-41-28-20-35(21-29-41)16-15-34-18-26-40(27-19-34)47(33-45(37-9-3-1-4-10-37)38-11-5-2-6-12-38)46-32-25-39(43-13-7-8-14-44(43)46)24-17-36-22-30-42(49)31-23-36/h1-33,39,43,48-49H. The monoisotopic (exact) mass is 635 g/mol. The third kappa shape index (κ3) is 7.48. The predicted octanol–water partition coefficient (Wildman–Crippen LogP) is 11.1. The van der Waals surface area contributed by atoms with Crippen molar-refractivity contribution in [2.75, 3.05) is 4.90 Å². The van der Waals surface area contributed by atoms with E-state index in [1.165, 1.54) is 5.57 Å². The third-order valence-electron chi connectivity index (χ3n) is 8.88. The second-order valence-electron chi connectivity index (χ2n) is 12.2. The molecule has 2 aliphatic rings. The van der Waals surface area contributed by atoms with Gasteiger partial charge in [-0.25, -0.2) is 0 Å². The number of nitrogens with zero attached hydrogens (tertiary/aromatic N) is 1. The second kappa shape index (κ2) is 14.6. The maximum atomic E-state index is 9.73. The van der Waals surface area contributed by atoms with Gasteiger partial charge in [0.1, 0.15) is 11.5 Å². The summed E-state index contributed by atoms with van der Waals surface area (Å²) in [5, 5.41) is 19.4. The van der Waals surface area contributed by atoms with Gasteiger partial charge in [0.2, 0.25) is 0 Å². The number of benzene rings is 5. The molecule has 0 heterocycles. The number of anilines is 1. The molecule has 0 spiro atoms. The lowest BCUT2D eigenvalue weighted by Gasteiger charge is -2.34. The Kier molecular flexibility index (Phi) is 9.34. The van der Waals surface area contributed by atoms with Gasteiger partial charge in [-0.2, -0.15) is 0 Å². The van der Waals surface area contributed by atoms with Crippen molar-refractivity contribution in [1.82, 2.24) is 0 Å². The van der Waals surface area contributed by atoms with Crippen molar-refractivity contribution in [3.63, 3.8) is 0 Å². The first-order valence-electron chi connectivity index (χ1n) is 16.5. The summed E-state index contributed by atoms with van der Waals surface area (Å²) in [4.78, 5) is 2.32. The number of allylic oxidation sites excluding steroid dienone is 8. The Morgan fingerprint density at radius 1 is 0.531 bits per heavy atom. The summed E-state index contributed by atoms with van der Waals surface area (Å²) in [6.45, 7) is 0. The Balaban J connectivity index is 1.30. The Bertz CT molecular complexity index is 2050. The summed E-state index contributed by atoms with van der Waals surface area (Å²) in [5.74, 6) is 0.871. The summed E-state index contributed by atoms with van der Waals surface area (Å²) in [5.41, 5.74) is 10.00. The van der Waals surface area contributed by atoms with E-state index in [0.29, 0.717) is 0 Å². The van der Waals surface area contributed by atoms with Crippen LogP contribution in [0.1, 0.15) is 27.8 Å². The molecule has 2 aliphatic carbocycles. The van der Waals surface area contributed by atoms with E-state index in [4.69, 9.17) is 0 Å². The summed E-state index contributed by atoms with van der Waals surface area (Å²) in [6, 6.07) is 44.3. The average molecular weight is 636 g/mol. The lowest BCUT2D eigenvalue weighted by Crippen LogP contribution is -2.25. The van der Waals surface area contributed by atoms with E-state index in [1.807, 2.05) is 24.3 Å². The highest BCUT2D eigenvalue weighted by Crippen LogP contribution is 2.39. The molecule has 49 heavy (non-hydrogen) atoms. The SMILES string of the molecule is Oc1ccc(C=Cc2ccc(N(C=C(c3ccccc3)c3ccccc3)C3=C4C=CC=CC4C(C=Cc4ccc(O)cc4)C=C3)cc2)cc1. The number of hydrogen-bond donors (Lipinski definition) is 2. The first kappa shape index (κ1) is 31.3. The normalized spacial score (nSPS) is 16.7. The fourth-order valence-corrected chi connectivity index (χ4v) is 6.27. The molecule has 0 amide bonds. The van der Waals surface area contributed by atoms with E-state index in [0.717, 1.165) is 44.8 Å². The smallest absolute Gasteiger partial charge is 0.115 e. The summed E-state index contributed by atoms with van der Waals surface area (Å²) in [6.07, 6.45) is 24.2. The van der Waals surface area contributed by atoms with Gasteiger partial charge in [0.15, 0.2) is 0 Å². The van der Waals surface area contributed by atoms with Crippen molar-refractivity contribution in [3.8, 4) is 11.5 Å². The maximum Gasteiger partial charge on any atom is 0.115 e. The molecule has 238 valence electrons. The molecule has 7 rings (SSSR count). The maximum absolute atomic E-state index is 9.73. The van der Waals surface area contributed by atoms with E-state index in [9.17, 15) is 10.2 Å². The highest BCUT2D eigenvalue weighted by Gasteiger charge is 2.28. The van der Waals surface area contributed by atoms with Gasteiger partial charge in [0.25, 0.3) is 0 Å². The Morgan fingerprint density at radius 3 is 1.63 bits per heavy atom. The van der Waals surface area contributed by atoms with E-state index in [2.05, 4.69) is 157 Å². The minimum Gasteiger partial charge on any atom is -0.508 e. The highest BCUT2D eigenvalue weighted by atomic mass is 16.3. The molecule has 3 nitrogen and oxygen atoms in total. The van der Waals surface area contributed by atoms with Crippen LogP contribution in [0, 0.1) is 11.8 Å². The molecule has 0 aliphatic heterocycles. The van der Waals surface area contributed by atoms with Crippen molar-refractivity contribution in [1.29, 1.82) is 0 Å². The minimum atomic E-state index is 0.165. The molecule has 0 radical (unpaired) electrons. The molecule has 0 saturated heterocycles. The predicted molar refractivity (Wildman–Crippen MR) is 204 cm³/mol. The number of phenols is 2. The van der Waals surface area contributed by atoms with Crippen LogP contribution in [0.4, 0.5) is 5.69 Å². The number of hydrogen-bond acceptors (Lipinski definition) is 3. The quantitative estimate of drug-likeness (QED) is 0.158. The molecule has 2 N–H and O–H groups in total. The Hall–Kier alpha value is -6.32. The zero-order valence-corrected chi connectivity index (χ0v) is 27.0. The average Bonchev–Trinajstić information content (AvgIpc) is 3.16. The molecular weight excluding hydrogens is 599 g/mol. The van der Waals surface area contributed by atoms with Gasteiger partial charge in [-0.3, -0.25) is 0 Å². The van der Waals surface area contributed by atoms with Crippen molar-refractivity contribution >= 4 is 29.5 Å². The lowest BCUT2D eigenvalue weighted by atomic mass is 9.78. The molecule has 0 bridgehead atoms. The van der Waals surface area contributed by atoms with Gasteiger partial charge >= 0.3 is 0 Å². The third-order valence-corrected chi connectivity index (χ3v) is 8.88.